The number of rotatable bonds is 5. The topological polar surface area (TPSA) is 59.3 Å². The molecule has 1 unspecified atom stereocenters. The maximum Gasteiger partial charge on any atom is 0.244 e. The first-order valence-corrected chi connectivity index (χ1v) is 9.17. The highest BCUT2D eigenvalue weighted by Gasteiger charge is 2.17. The summed E-state index contributed by atoms with van der Waals surface area (Å²) < 4.78 is 1.83. The van der Waals surface area contributed by atoms with E-state index in [9.17, 15) is 4.79 Å². The Hall–Kier alpha value is -3.44. The van der Waals surface area contributed by atoms with Crippen LogP contribution in [0.1, 0.15) is 23.0 Å². The fourth-order valence-corrected chi connectivity index (χ4v) is 3.24. The largest absolute Gasteiger partial charge is 0.340 e. The van der Waals surface area contributed by atoms with Crippen molar-refractivity contribution in [1.82, 2.24) is 19.7 Å². The maximum atomic E-state index is 12.6. The van der Waals surface area contributed by atoms with Gasteiger partial charge in [0.25, 0.3) is 0 Å². The Morgan fingerprint density at radius 3 is 2.61 bits per heavy atom. The molecule has 0 aliphatic carbocycles. The number of carbonyl (C=O) groups is 1. The average molecular weight is 389 g/mol. The van der Waals surface area contributed by atoms with Crippen molar-refractivity contribution in [2.45, 2.75) is 6.04 Å². The summed E-state index contributed by atoms with van der Waals surface area (Å²) in [6.45, 7) is 0. The van der Waals surface area contributed by atoms with Crippen LogP contribution in [0.2, 0.25) is 5.15 Å². The number of pyridine rings is 2. The Balaban J connectivity index is 1.60. The Morgan fingerprint density at radius 1 is 1.04 bits per heavy atom. The van der Waals surface area contributed by atoms with Crippen LogP contribution in [0.15, 0.2) is 85.2 Å². The number of benzene rings is 1. The van der Waals surface area contributed by atoms with Gasteiger partial charge in [0, 0.05) is 18.5 Å². The molecule has 5 nitrogen and oxygen atoms in total. The van der Waals surface area contributed by atoms with E-state index < -0.39 is 0 Å². The van der Waals surface area contributed by atoms with Gasteiger partial charge in [-0.15, -0.1) is 0 Å². The van der Waals surface area contributed by atoms with Crippen molar-refractivity contribution < 1.29 is 4.79 Å². The summed E-state index contributed by atoms with van der Waals surface area (Å²) >= 11 is 6.22. The molecule has 6 heteroatoms. The zero-order valence-electron chi connectivity index (χ0n) is 14.9. The highest BCUT2D eigenvalue weighted by molar-refractivity contribution is 6.31. The van der Waals surface area contributed by atoms with E-state index in [0.29, 0.717) is 10.8 Å². The first kappa shape index (κ1) is 17.9. The standard InChI is InChI=1S/C22H17ClN4O/c23-22-18(27-15-7-5-11-19(27)25-22)12-13-20(28)26-21(16-8-2-1-3-9-16)17-10-4-6-14-24-17/h1-15,21H,(H,26,28)/b13-12+. The summed E-state index contributed by atoms with van der Waals surface area (Å²) in [5, 5.41) is 3.37. The number of hydrogen-bond acceptors (Lipinski definition) is 3. The van der Waals surface area contributed by atoms with E-state index in [0.717, 1.165) is 16.9 Å². The molecule has 3 heterocycles. The van der Waals surface area contributed by atoms with Gasteiger partial charge < -0.3 is 5.32 Å². The first-order chi connectivity index (χ1) is 13.7. The third kappa shape index (κ3) is 3.80. The molecule has 0 saturated carbocycles. The summed E-state index contributed by atoms with van der Waals surface area (Å²) in [5.74, 6) is -0.249. The first-order valence-electron chi connectivity index (χ1n) is 8.79. The molecule has 1 amide bonds. The second-order valence-corrected chi connectivity index (χ2v) is 6.51. The molecule has 28 heavy (non-hydrogen) atoms. The Bertz CT molecular complexity index is 1080. The van der Waals surface area contributed by atoms with E-state index in [4.69, 9.17) is 11.6 Å². The molecule has 4 rings (SSSR count). The van der Waals surface area contributed by atoms with E-state index in [2.05, 4.69) is 15.3 Å². The number of nitrogens with one attached hydrogen (secondary N) is 1. The van der Waals surface area contributed by atoms with Gasteiger partial charge in [-0.25, -0.2) is 4.98 Å². The van der Waals surface area contributed by atoms with Crippen LogP contribution in [0, 0.1) is 0 Å². The summed E-state index contributed by atoms with van der Waals surface area (Å²) in [5.41, 5.74) is 3.10. The van der Waals surface area contributed by atoms with Crippen LogP contribution in [0.3, 0.4) is 0 Å². The van der Waals surface area contributed by atoms with Gasteiger partial charge in [-0.2, -0.15) is 0 Å². The highest BCUT2D eigenvalue weighted by Crippen LogP contribution is 2.21. The molecular formula is C22H17ClN4O. The van der Waals surface area contributed by atoms with Crippen LogP contribution in [-0.2, 0) is 4.79 Å². The van der Waals surface area contributed by atoms with Gasteiger partial charge in [-0.1, -0.05) is 54.1 Å². The molecule has 0 saturated heterocycles. The van der Waals surface area contributed by atoms with Gasteiger partial charge in [0.1, 0.15) is 5.65 Å². The van der Waals surface area contributed by atoms with Gasteiger partial charge in [-0.3, -0.25) is 14.2 Å². The van der Waals surface area contributed by atoms with E-state index in [1.807, 2.05) is 77.3 Å². The van der Waals surface area contributed by atoms with Gasteiger partial charge in [0.05, 0.1) is 17.4 Å². The van der Waals surface area contributed by atoms with Crippen molar-refractivity contribution in [2.75, 3.05) is 0 Å². The molecule has 1 N–H and O–H groups in total. The Kier molecular flexibility index (Phi) is 5.17. The van der Waals surface area contributed by atoms with E-state index in [-0.39, 0.29) is 11.9 Å². The molecule has 0 bridgehead atoms. The van der Waals surface area contributed by atoms with Crippen molar-refractivity contribution >= 4 is 29.2 Å². The quantitative estimate of drug-likeness (QED) is 0.518. The van der Waals surface area contributed by atoms with Crippen molar-refractivity contribution in [3.05, 3.63) is 107 Å². The number of amides is 1. The molecule has 138 valence electrons. The normalized spacial score (nSPS) is 12.3. The Morgan fingerprint density at radius 2 is 1.82 bits per heavy atom. The average Bonchev–Trinajstić information content (AvgIpc) is 3.06. The molecule has 3 aromatic heterocycles. The molecule has 1 aromatic carbocycles. The number of nitrogens with zero attached hydrogens (tertiary/aromatic N) is 3. The lowest BCUT2D eigenvalue weighted by atomic mass is 10.0. The fourth-order valence-electron chi connectivity index (χ4n) is 3.00. The third-order valence-electron chi connectivity index (χ3n) is 4.32. The molecule has 1 atom stereocenters. The maximum absolute atomic E-state index is 12.6. The second kappa shape index (κ2) is 8.06. The molecule has 4 aromatic rings. The Labute approximate surface area is 167 Å². The van der Waals surface area contributed by atoms with Gasteiger partial charge in [-0.05, 0) is 35.9 Å². The van der Waals surface area contributed by atoms with Crippen molar-refractivity contribution in [3.63, 3.8) is 0 Å². The van der Waals surface area contributed by atoms with E-state index >= 15 is 0 Å². The van der Waals surface area contributed by atoms with Crippen LogP contribution in [0.4, 0.5) is 0 Å². The van der Waals surface area contributed by atoms with E-state index in [1.165, 1.54) is 6.08 Å². The van der Waals surface area contributed by atoms with E-state index in [1.54, 1.807) is 12.3 Å². The summed E-state index contributed by atoms with van der Waals surface area (Å²) in [6.07, 6.45) is 6.69. The lowest BCUT2D eigenvalue weighted by Crippen LogP contribution is -2.28. The number of aromatic nitrogens is 3. The minimum absolute atomic E-state index is 0.249. The van der Waals surface area contributed by atoms with Gasteiger partial charge in [0.2, 0.25) is 5.91 Å². The zero-order chi connectivity index (χ0) is 19.3. The number of hydrogen-bond donors (Lipinski definition) is 1. The predicted octanol–water partition coefficient (Wildman–Crippen LogP) is 4.30. The number of carbonyl (C=O) groups excluding carboxylic acids is 1. The zero-order valence-corrected chi connectivity index (χ0v) is 15.6. The van der Waals surface area contributed by atoms with Crippen LogP contribution in [-0.4, -0.2) is 20.3 Å². The van der Waals surface area contributed by atoms with Crippen molar-refractivity contribution in [3.8, 4) is 0 Å². The minimum atomic E-state index is -0.350. The monoisotopic (exact) mass is 388 g/mol. The second-order valence-electron chi connectivity index (χ2n) is 6.16. The minimum Gasteiger partial charge on any atom is -0.340 e. The summed E-state index contributed by atoms with van der Waals surface area (Å²) in [7, 11) is 0. The molecule has 0 aliphatic heterocycles. The van der Waals surface area contributed by atoms with Crippen molar-refractivity contribution in [2.24, 2.45) is 0 Å². The SMILES string of the molecule is O=C(/C=C/c1c(Cl)nc2ccccn12)NC(c1ccccc1)c1ccccn1. The van der Waals surface area contributed by atoms with Crippen molar-refractivity contribution in [1.29, 1.82) is 0 Å². The lowest BCUT2D eigenvalue weighted by molar-refractivity contribution is -0.116. The summed E-state index contributed by atoms with van der Waals surface area (Å²) in [4.78, 5) is 21.3. The molecule has 0 spiro atoms. The van der Waals surface area contributed by atoms with Crippen LogP contribution in [0.25, 0.3) is 11.7 Å². The fraction of sp³-hybridized carbons (Fsp3) is 0.0455. The van der Waals surface area contributed by atoms with Gasteiger partial charge in [0.15, 0.2) is 5.15 Å². The van der Waals surface area contributed by atoms with Gasteiger partial charge >= 0.3 is 0 Å². The highest BCUT2D eigenvalue weighted by atomic mass is 35.5. The summed E-state index contributed by atoms with van der Waals surface area (Å²) in [6, 6.07) is 20.7. The molecular weight excluding hydrogens is 372 g/mol. The third-order valence-corrected chi connectivity index (χ3v) is 4.60. The number of fused-ring (bicyclic) bond motifs is 1. The number of imidazole rings is 1. The molecule has 0 aliphatic rings. The van der Waals surface area contributed by atoms with Crippen LogP contribution in [0.5, 0.6) is 0 Å². The smallest absolute Gasteiger partial charge is 0.244 e. The molecule has 0 fully saturated rings. The van der Waals surface area contributed by atoms with Crippen LogP contribution < -0.4 is 5.32 Å². The predicted molar refractivity (Wildman–Crippen MR) is 110 cm³/mol. The number of halogens is 1. The molecule has 0 radical (unpaired) electrons. The lowest BCUT2D eigenvalue weighted by Gasteiger charge is -2.17. The van der Waals surface area contributed by atoms with Crippen LogP contribution >= 0.6 is 11.6 Å².